The van der Waals surface area contributed by atoms with Crippen LogP contribution in [0.5, 0.6) is 0 Å². The Kier molecular flexibility index (Phi) is 25.1. The molecule has 4 amide bonds. The molecule has 0 bridgehead atoms. The van der Waals surface area contributed by atoms with Crippen LogP contribution in [-0.4, -0.2) is 261 Å². The van der Waals surface area contributed by atoms with Crippen molar-refractivity contribution in [3.63, 3.8) is 0 Å². The van der Waals surface area contributed by atoms with Crippen LogP contribution in [0.25, 0.3) is 0 Å². The van der Waals surface area contributed by atoms with Crippen molar-refractivity contribution in [1.29, 1.82) is 0 Å². The first-order valence-corrected chi connectivity index (χ1v) is 45.2. The second-order valence-electron chi connectivity index (χ2n) is 42.7. The molecule has 17 heterocycles. The van der Waals surface area contributed by atoms with Crippen molar-refractivity contribution in [3.05, 3.63) is 87.3 Å². The number of aryl methyl sites for hydroxylation is 3. The molecule has 0 unspecified atom stereocenters. The molecular weight excluding hydrogens is 1710 g/mol. The molecule has 126 heavy (non-hydrogen) atoms. The van der Waals surface area contributed by atoms with E-state index in [2.05, 4.69) is 171 Å². The molecule has 0 radical (unpaired) electrons. The summed E-state index contributed by atoms with van der Waals surface area (Å²) >= 11 is 31.6. The van der Waals surface area contributed by atoms with Crippen molar-refractivity contribution in [2.45, 2.75) is 161 Å². The average Bonchev–Trinajstić information content (AvgIpc) is 1.58. The van der Waals surface area contributed by atoms with E-state index in [9.17, 15) is 19.2 Å². The molecule has 11 aliphatic rings. The molecule has 0 aromatic carbocycles. The van der Waals surface area contributed by atoms with Crippen molar-refractivity contribution in [3.8, 4) is 0 Å². The molecule has 18 rings (SSSR count). The van der Waals surface area contributed by atoms with E-state index in [0.717, 1.165) is 146 Å². The number of halogens is 5. The van der Waals surface area contributed by atoms with E-state index in [1.165, 1.54) is 6.20 Å². The number of nitrogens with one attached hydrogen (secondary N) is 5. The molecule has 39 heteroatoms. The van der Waals surface area contributed by atoms with Gasteiger partial charge in [-0.1, -0.05) is 116 Å². The minimum Gasteiger partial charge on any atom is -0.444 e. The number of carbonyl (C=O) groups excluding carboxylic acids is 4. The Labute approximate surface area is 764 Å². The number of hydrogen-bond acceptors (Lipinski definition) is 27. The van der Waals surface area contributed by atoms with Crippen molar-refractivity contribution >= 4 is 140 Å². The average molecular weight is 1840 g/mol. The molecule has 10 atom stereocenters. The maximum atomic E-state index is 12.6. The fourth-order valence-corrected chi connectivity index (χ4v) is 20.9. The summed E-state index contributed by atoms with van der Waals surface area (Å²) in [5, 5.41) is 31.2. The number of likely N-dealkylation sites (tertiary alicyclic amines) is 4. The first kappa shape index (κ1) is 93.4. The monoisotopic (exact) mass is 1840 g/mol. The third-order valence-electron chi connectivity index (χ3n) is 28.1. The van der Waals surface area contributed by atoms with E-state index in [4.69, 9.17) is 77.2 Å². The van der Waals surface area contributed by atoms with Crippen LogP contribution in [0.15, 0.2) is 62.0 Å². The van der Waals surface area contributed by atoms with Crippen LogP contribution in [-0.2, 0) is 40.1 Å². The maximum absolute atomic E-state index is 12.6. The van der Waals surface area contributed by atoms with E-state index < -0.39 is 16.8 Å². The largest absolute Gasteiger partial charge is 0.444 e. The number of hydrogen-bond donors (Lipinski definition) is 5. The fourth-order valence-electron chi connectivity index (χ4n) is 19.9. The Hall–Kier alpha value is -8.80. The maximum Gasteiger partial charge on any atom is 0.410 e. The van der Waals surface area contributed by atoms with Gasteiger partial charge < -0.3 is 80.0 Å². The molecule has 0 spiro atoms. The lowest BCUT2D eigenvalue weighted by atomic mass is 9.71. The summed E-state index contributed by atoms with van der Waals surface area (Å²) < 4.78 is 21.7. The molecule has 686 valence electrons. The number of carbonyl (C=O) groups is 4. The van der Waals surface area contributed by atoms with Gasteiger partial charge in [-0.2, -0.15) is 35.2 Å². The Morgan fingerprint density at radius 1 is 0.349 bits per heavy atom. The Balaban J connectivity index is 0.000000129. The Bertz CT molecular complexity index is 5140. The lowest BCUT2D eigenvalue weighted by molar-refractivity contribution is -0.132. The minimum atomic E-state index is -0.505. The predicted octanol–water partition coefficient (Wildman–Crippen LogP) is 14.1. The second-order valence-corrected chi connectivity index (χ2v) is 44.7. The molecule has 1 saturated carbocycles. The Morgan fingerprint density at radius 2 is 0.587 bits per heavy atom. The fraction of sp³-hybridized carbons (Fsp3) is 0.667. The van der Waals surface area contributed by atoms with Crippen molar-refractivity contribution in [2.24, 2.45) is 81.2 Å². The van der Waals surface area contributed by atoms with Crippen LogP contribution in [0.3, 0.4) is 0 Å². The first-order valence-electron chi connectivity index (χ1n) is 43.3. The number of aromatic nitrogens is 14. The van der Waals surface area contributed by atoms with Crippen LogP contribution in [0, 0.1) is 60.1 Å². The summed E-state index contributed by atoms with van der Waals surface area (Å²) in [7, 11) is 5.59. The van der Waals surface area contributed by atoms with Crippen LogP contribution < -0.4 is 46.2 Å². The number of amides is 4. The predicted molar refractivity (Wildman–Crippen MR) is 491 cm³/mol. The van der Waals surface area contributed by atoms with Crippen LogP contribution in [0.1, 0.15) is 144 Å². The van der Waals surface area contributed by atoms with Crippen LogP contribution in [0.4, 0.5) is 72.6 Å². The molecular formula is C87H126Cl5N27O7. The standard InChI is InChI=1S/C21H30ClN7O2.C20H26ClN7O.C17H24Cl2N4O2.C16H22ClN7.C13H24N2O2/c1-19(2,3)31-18(30)29-12-20(4)10-28(11-21(20,5)13-29)16-15(22)8-23-17(26-16)25-14-7-24-27(6)9-14;1-19-9-27(10-20(19,2)12-28(11-19)17(29)13-4-5-13)16-15(21)7-22-18(25-16)24-14-6-23-26(3)8-14;1-15(2,3)25-14(24)23-9-16(4)7-22(8-17(16,5)10-23)12-11(18)6-20-13(19)21-12;1-15-7-18-8-16(15,2)10-24(9-15)13-12(17)5-19-14(22-13)21-11-4-20-23(3)6-11;1-11(2,3)17-10(16)15-8-12(4)6-14-7-13(12,5)9-15/h7-9H,10-13H2,1-6H3,(H,23,25,26);6-8,13H,4-5,9-12H2,1-3H3,(H,22,24,25);6H,7-10H2,1-5H3;4-6,18H,7-10H2,1-3H3,(H,19,21,22);14H,6-9H2,1-5H3/t20-,21+;19-,20+;16-,17+;15-,16+;12-,13+. The van der Waals surface area contributed by atoms with Gasteiger partial charge in [0.05, 0.1) is 60.4 Å². The van der Waals surface area contributed by atoms with Gasteiger partial charge >= 0.3 is 18.3 Å². The number of nitrogens with zero attached hydrogens (tertiary/aromatic N) is 22. The molecule has 11 fully saturated rings. The Morgan fingerprint density at radius 3 is 0.841 bits per heavy atom. The lowest BCUT2D eigenvalue weighted by Crippen LogP contribution is -2.39. The third-order valence-corrected chi connectivity index (χ3v) is 29.4. The highest BCUT2D eigenvalue weighted by Crippen LogP contribution is 2.58. The normalized spacial score (nSPS) is 29.2. The van der Waals surface area contributed by atoms with Gasteiger partial charge in [0.2, 0.25) is 29.0 Å². The summed E-state index contributed by atoms with van der Waals surface area (Å²) in [5.41, 5.74) is 1.59. The van der Waals surface area contributed by atoms with E-state index >= 15 is 0 Å². The summed E-state index contributed by atoms with van der Waals surface area (Å²) in [6, 6.07) is 0. The molecule has 10 saturated heterocycles. The molecule has 7 aromatic rings. The zero-order valence-electron chi connectivity index (χ0n) is 77.0. The van der Waals surface area contributed by atoms with Gasteiger partial charge in [-0.15, -0.1) is 0 Å². The van der Waals surface area contributed by atoms with E-state index in [-0.39, 0.29) is 83.6 Å². The van der Waals surface area contributed by atoms with E-state index in [0.29, 0.717) is 81.7 Å². The zero-order valence-corrected chi connectivity index (χ0v) is 80.8. The van der Waals surface area contributed by atoms with Crippen molar-refractivity contribution in [1.82, 2.24) is 99.4 Å². The molecule has 5 N–H and O–H groups in total. The topological polar surface area (TPSA) is 339 Å². The summed E-state index contributed by atoms with van der Waals surface area (Å²) in [6.45, 7) is 56.0. The number of fused-ring (bicyclic) bond motifs is 5. The van der Waals surface area contributed by atoms with Gasteiger partial charge in [0.1, 0.15) is 36.9 Å². The van der Waals surface area contributed by atoms with Crippen LogP contribution in [0.2, 0.25) is 25.4 Å². The number of ether oxygens (including phenoxy) is 3. The smallest absolute Gasteiger partial charge is 0.410 e. The lowest BCUT2D eigenvalue weighted by Gasteiger charge is -2.30. The second kappa shape index (κ2) is 33.9. The highest BCUT2D eigenvalue weighted by Gasteiger charge is 2.64. The molecule has 10 aliphatic heterocycles. The van der Waals surface area contributed by atoms with Crippen LogP contribution >= 0.6 is 58.0 Å². The van der Waals surface area contributed by atoms with Crippen molar-refractivity contribution in [2.75, 3.05) is 166 Å². The summed E-state index contributed by atoms with van der Waals surface area (Å²) in [4.78, 5) is 101. The quantitative estimate of drug-likeness (QED) is 0.0593. The van der Waals surface area contributed by atoms with Gasteiger partial charge in [0.25, 0.3) is 0 Å². The first-order chi connectivity index (χ1) is 58.6. The number of anilines is 10. The third kappa shape index (κ3) is 19.6. The van der Waals surface area contributed by atoms with Gasteiger partial charge in [0, 0.05) is 231 Å². The van der Waals surface area contributed by atoms with Gasteiger partial charge in [-0.3, -0.25) is 18.8 Å². The molecule has 7 aromatic heterocycles. The highest BCUT2D eigenvalue weighted by atomic mass is 35.5. The summed E-state index contributed by atoms with van der Waals surface area (Å²) in [6.07, 6.45) is 18.7. The zero-order chi connectivity index (χ0) is 91.5. The number of rotatable bonds is 11. The highest BCUT2D eigenvalue weighted by molar-refractivity contribution is 6.34. The van der Waals surface area contributed by atoms with Gasteiger partial charge in [-0.25, -0.2) is 34.3 Å². The van der Waals surface area contributed by atoms with Gasteiger partial charge in [-0.05, 0) is 86.8 Å². The van der Waals surface area contributed by atoms with Crippen molar-refractivity contribution < 1.29 is 33.4 Å². The summed E-state index contributed by atoms with van der Waals surface area (Å²) in [5.74, 6) is 5.01. The molecule has 34 nitrogen and oxygen atoms in total. The van der Waals surface area contributed by atoms with E-state index in [1.54, 1.807) is 51.2 Å². The van der Waals surface area contributed by atoms with Gasteiger partial charge in [0.15, 0.2) is 23.3 Å². The minimum absolute atomic E-state index is 0.0166. The van der Waals surface area contributed by atoms with E-state index in [1.807, 2.05) is 117 Å². The SMILES string of the molecule is CC(C)(C)OC(=O)N1C[C@@]2(C)CN(c3nc(Cl)ncc3Cl)C[C@@]2(C)C1.CC(C)(C)OC(=O)N1C[C@]2(C)CNC[C@]2(C)C1.Cn1cc(Nc2ncc(Cl)c(N3C[C@]4(C)CN(C(=O)C5CC5)C[C@]4(C)C3)n2)cn1.Cn1cc(Nc2ncc(Cl)c(N3C[C@]4(C)CN(C(=O)OC(C)(C)C)C[C@]4(C)C3)n2)cn1.Cn1cc(Nc2ncc(Cl)c(N3C[C@]4(C)CNC[C@]4(C)C3)n2)cn1. The molecule has 1 aliphatic carbocycles.